The van der Waals surface area contributed by atoms with E-state index in [1.54, 1.807) is 0 Å². The lowest BCUT2D eigenvalue weighted by molar-refractivity contribution is 0.0619. The van der Waals surface area contributed by atoms with Gasteiger partial charge in [0, 0.05) is 55.0 Å². The summed E-state index contributed by atoms with van der Waals surface area (Å²) >= 11 is 3.57. The molecule has 3 aliphatic rings. The van der Waals surface area contributed by atoms with Crippen molar-refractivity contribution in [1.82, 2.24) is 24.5 Å². The van der Waals surface area contributed by atoms with Crippen LogP contribution < -0.4 is 0 Å². The average Bonchev–Trinajstić information content (AvgIpc) is 3.46. The van der Waals surface area contributed by atoms with Gasteiger partial charge in [-0.3, -0.25) is 9.69 Å². The highest BCUT2D eigenvalue weighted by Crippen LogP contribution is 2.29. The normalized spacial score (nSPS) is 20.2. The van der Waals surface area contributed by atoms with Crippen molar-refractivity contribution in [2.24, 2.45) is 0 Å². The van der Waals surface area contributed by atoms with Gasteiger partial charge >= 0.3 is 0 Å². The van der Waals surface area contributed by atoms with Crippen LogP contribution in [0.5, 0.6) is 0 Å². The number of hydrogen-bond acceptors (Lipinski definition) is 4. The molecule has 0 atom stereocenters. The molecule has 5 rings (SSSR count). The largest absolute Gasteiger partial charge is 0.335 e. The number of likely N-dealkylation sites (tertiary alicyclic amines) is 1. The number of carbonyl (C=O) groups excluding carboxylic acids is 1. The summed E-state index contributed by atoms with van der Waals surface area (Å²) in [6, 6.07) is 8.20. The summed E-state index contributed by atoms with van der Waals surface area (Å²) < 4.78 is 3.04. The van der Waals surface area contributed by atoms with E-state index in [9.17, 15) is 4.79 Å². The number of rotatable bonds is 5. The van der Waals surface area contributed by atoms with Gasteiger partial charge in [-0.25, -0.2) is 4.68 Å². The number of piperazine rings is 1. The van der Waals surface area contributed by atoms with Crippen molar-refractivity contribution in [3.8, 4) is 5.69 Å². The fourth-order valence-corrected chi connectivity index (χ4v) is 5.59. The molecule has 0 spiro atoms. The molecule has 0 radical (unpaired) electrons. The number of nitrogens with zero attached hydrogens (tertiary/aromatic N) is 5. The molecule has 3 heterocycles. The van der Waals surface area contributed by atoms with E-state index in [4.69, 9.17) is 5.10 Å². The Hall–Kier alpha value is -1.70. The van der Waals surface area contributed by atoms with Crippen LogP contribution in [0.15, 0.2) is 28.7 Å². The predicted octanol–water partition coefficient (Wildman–Crippen LogP) is 3.37. The first kappa shape index (κ1) is 21.2. The minimum Gasteiger partial charge on any atom is -0.335 e. The second-order valence-electron chi connectivity index (χ2n) is 9.06. The molecule has 1 aromatic carbocycles. The molecule has 0 bridgehead atoms. The highest BCUT2D eigenvalue weighted by Gasteiger charge is 2.30. The summed E-state index contributed by atoms with van der Waals surface area (Å²) in [5.41, 5.74) is 4.10. The van der Waals surface area contributed by atoms with Gasteiger partial charge in [-0.2, -0.15) is 5.10 Å². The summed E-state index contributed by atoms with van der Waals surface area (Å²) in [6.07, 6.45) is 6.95. The Morgan fingerprint density at radius 1 is 0.903 bits per heavy atom. The second-order valence-corrected chi connectivity index (χ2v) is 9.97. The van der Waals surface area contributed by atoms with Crippen molar-refractivity contribution in [1.29, 1.82) is 0 Å². The van der Waals surface area contributed by atoms with E-state index < -0.39 is 0 Å². The quantitative estimate of drug-likeness (QED) is 0.651. The Morgan fingerprint density at radius 3 is 2.35 bits per heavy atom. The van der Waals surface area contributed by atoms with E-state index in [1.165, 1.54) is 43.7 Å². The zero-order chi connectivity index (χ0) is 21.2. The molecule has 1 aliphatic carbocycles. The molecule has 0 saturated carbocycles. The van der Waals surface area contributed by atoms with Gasteiger partial charge in [0.05, 0.1) is 5.69 Å². The third-order valence-corrected chi connectivity index (χ3v) is 7.52. The fourth-order valence-electron chi connectivity index (χ4n) is 5.21. The Kier molecular flexibility index (Phi) is 6.44. The molecule has 2 saturated heterocycles. The van der Waals surface area contributed by atoms with E-state index in [-0.39, 0.29) is 5.91 Å². The predicted molar refractivity (Wildman–Crippen MR) is 126 cm³/mol. The maximum atomic E-state index is 13.5. The molecule has 2 fully saturated rings. The molecule has 7 heteroatoms. The van der Waals surface area contributed by atoms with Gasteiger partial charge in [0.1, 0.15) is 0 Å². The maximum Gasteiger partial charge on any atom is 0.274 e. The van der Waals surface area contributed by atoms with Crippen LogP contribution in [0.3, 0.4) is 0 Å². The number of fused-ring (bicyclic) bond motifs is 1. The van der Waals surface area contributed by atoms with E-state index in [2.05, 4.69) is 37.9 Å². The van der Waals surface area contributed by atoms with Gasteiger partial charge in [-0.15, -0.1) is 0 Å². The topological polar surface area (TPSA) is 44.6 Å². The lowest BCUT2D eigenvalue weighted by Crippen LogP contribution is -2.50. The van der Waals surface area contributed by atoms with Crippen LogP contribution in [-0.2, 0) is 12.8 Å². The third-order valence-electron chi connectivity index (χ3n) is 7.03. The van der Waals surface area contributed by atoms with Crippen LogP contribution in [0, 0.1) is 0 Å². The van der Waals surface area contributed by atoms with Crippen molar-refractivity contribution in [3.63, 3.8) is 0 Å². The second kappa shape index (κ2) is 9.43. The van der Waals surface area contributed by atoms with Crippen LogP contribution in [0.1, 0.15) is 47.4 Å². The zero-order valence-electron chi connectivity index (χ0n) is 18.2. The number of halogens is 1. The highest BCUT2D eigenvalue weighted by molar-refractivity contribution is 9.10. The van der Waals surface area contributed by atoms with Gasteiger partial charge in [0.2, 0.25) is 0 Å². The Balaban J connectivity index is 1.28. The molecule has 2 aromatic rings. The maximum absolute atomic E-state index is 13.5. The van der Waals surface area contributed by atoms with E-state index in [0.29, 0.717) is 5.69 Å². The fraction of sp³-hybridized carbons (Fsp3) is 0.583. The molecule has 0 unspecified atom stereocenters. The molecule has 2 aliphatic heterocycles. The third kappa shape index (κ3) is 4.59. The molecular weight excluding hydrogens is 454 g/mol. The molecule has 166 valence electrons. The number of amides is 1. The minimum absolute atomic E-state index is 0.117. The molecule has 6 nitrogen and oxygen atoms in total. The molecular formula is C24H32BrN5O. The number of aromatic nitrogens is 2. The lowest BCUT2D eigenvalue weighted by Gasteiger charge is -2.35. The first-order valence-electron chi connectivity index (χ1n) is 11.8. The lowest BCUT2D eigenvalue weighted by atomic mass is 9.95. The van der Waals surface area contributed by atoms with Crippen molar-refractivity contribution in [2.75, 3.05) is 52.4 Å². The smallest absolute Gasteiger partial charge is 0.274 e. The van der Waals surface area contributed by atoms with Crippen LogP contribution in [0.2, 0.25) is 0 Å². The van der Waals surface area contributed by atoms with Crippen LogP contribution in [-0.4, -0.2) is 82.7 Å². The summed E-state index contributed by atoms with van der Waals surface area (Å²) in [7, 11) is 0. The van der Waals surface area contributed by atoms with Gasteiger partial charge in [0.25, 0.3) is 5.91 Å². The van der Waals surface area contributed by atoms with Crippen molar-refractivity contribution in [2.45, 2.75) is 38.5 Å². The van der Waals surface area contributed by atoms with Gasteiger partial charge in [-0.1, -0.05) is 22.0 Å². The van der Waals surface area contributed by atoms with Crippen molar-refractivity contribution in [3.05, 3.63) is 45.7 Å². The summed E-state index contributed by atoms with van der Waals surface area (Å²) in [6.45, 7) is 8.33. The molecule has 1 amide bonds. The van der Waals surface area contributed by atoms with E-state index >= 15 is 0 Å². The average molecular weight is 486 g/mol. The van der Waals surface area contributed by atoms with Crippen LogP contribution in [0.25, 0.3) is 5.69 Å². The van der Waals surface area contributed by atoms with Crippen LogP contribution >= 0.6 is 15.9 Å². The van der Waals surface area contributed by atoms with E-state index in [1.807, 2.05) is 21.7 Å². The minimum atomic E-state index is 0.117. The van der Waals surface area contributed by atoms with Crippen molar-refractivity contribution < 1.29 is 4.79 Å². The van der Waals surface area contributed by atoms with Crippen LogP contribution in [0.4, 0.5) is 0 Å². The highest BCUT2D eigenvalue weighted by atomic mass is 79.9. The SMILES string of the molecule is O=C(c1nn(-c2cccc(Br)c2)c2c1CCCC2)N1CCN(CCN2CCCC2)CC1. The monoisotopic (exact) mass is 485 g/mol. The summed E-state index contributed by atoms with van der Waals surface area (Å²) in [5.74, 6) is 0.117. The number of carbonyl (C=O) groups is 1. The first-order valence-corrected chi connectivity index (χ1v) is 12.6. The van der Waals surface area contributed by atoms with Gasteiger partial charge in [-0.05, 0) is 69.8 Å². The molecule has 31 heavy (non-hydrogen) atoms. The molecule has 0 N–H and O–H groups in total. The number of benzene rings is 1. The van der Waals surface area contributed by atoms with Gasteiger partial charge < -0.3 is 9.80 Å². The molecule has 1 aromatic heterocycles. The van der Waals surface area contributed by atoms with Crippen molar-refractivity contribution >= 4 is 21.8 Å². The standard InChI is InChI=1S/C24H32BrN5O/c25-19-6-5-7-20(18-19)30-22-9-2-1-8-21(22)23(26-30)24(31)29-16-14-28(15-17-29)13-12-27-10-3-4-11-27/h5-7,18H,1-4,8-17H2. The summed E-state index contributed by atoms with van der Waals surface area (Å²) in [4.78, 5) is 20.6. The van der Waals surface area contributed by atoms with Gasteiger partial charge in [0.15, 0.2) is 5.69 Å². The first-order chi connectivity index (χ1) is 15.2. The zero-order valence-corrected chi connectivity index (χ0v) is 19.8. The Morgan fingerprint density at radius 2 is 1.61 bits per heavy atom. The Bertz CT molecular complexity index is 928. The Labute approximate surface area is 193 Å². The number of hydrogen-bond donors (Lipinski definition) is 0. The van der Waals surface area contributed by atoms with E-state index in [0.717, 1.165) is 68.6 Å². The summed E-state index contributed by atoms with van der Waals surface area (Å²) in [5, 5.41) is 4.87.